The summed E-state index contributed by atoms with van der Waals surface area (Å²) in [5.74, 6) is -0.244. The largest absolute Gasteiger partial charge is 0.495 e. The first kappa shape index (κ1) is 17.7. The highest BCUT2D eigenvalue weighted by atomic mass is 35.5. The predicted octanol–water partition coefficient (Wildman–Crippen LogP) is 3.95. The summed E-state index contributed by atoms with van der Waals surface area (Å²) in [6, 6.07) is 5.87. The van der Waals surface area contributed by atoms with E-state index >= 15 is 0 Å². The second kappa shape index (κ2) is 6.82. The molecule has 0 fully saturated rings. The first-order chi connectivity index (χ1) is 10.8. The van der Waals surface area contributed by atoms with Crippen molar-refractivity contribution in [2.24, 2.45) is 0 Å². The molecule has 0 aliphatic heterocycles. The quantitative estimate of drug-likeness (QED) is 0.853. The van der Waals surface area contributed by atoms with E-state index in [4.69, 9.17) is 32.7 Å². The zero-order valence-corrected chi connectivity index (χ0v) is 14.4. The minimum absolute atomic E-state index is 0.120. The fourth-order valence-corrected chi connectivity index (χ4v) is 3.35. The lowest BCUT2D eigenvalue weighted by Gasteiger charge is -2.14. The van der Waals surface area contributed by atoms with E-state index in [1.54, 1.807) is 0 Å². The van der Waals surface area contributed by atoms with Gasteiger partial charge in [0.15, 0.2) is 0 Å². The van der Waals surface area contributed by atoms with Crippen molar-refractivity contribution in [3.63, 3.8) is 0 Å². The molecule has 1 N–H and O–H groups in total. The third-order valence-electron chi connectivity index (χ3n) is 2.92. The maximum absolute atomic E-state index is 13.2. The molecular formula is C14H12Cl2FNO4S. The van der Waals surface area contributed by atoms with Crippen LogP contribution in [0.25, 0.3) is 0 Å². The van der Waals surface area contributed by atoms with Gasteiger partial charge in [0, 0.05) is 12.1 Å². The molecule has 0 spiro atoms. The summed E-state index contributed by atoms with van der Waals surface area (Å²) in [5, 5.41) is -0.0364. The summed E-state index contributed by atoms with van der Waals surface area (Å²) < 4.78 is 50.4. The fourth-order valence-electron chi connectivity index (χ4n) is 1.79. The minimum Gasteiger partial charge on any atom is -0.495 e. The van der Waals surface area contributed by atoms with Crippen molar-refractivity contribution in [1.29, 1.82) is 0 Å². The van der Waals surface area contributed by atoms with Crippen LogP contribution in [0.2, 0.25) is 10.0 Å². The minimum atomic E-state index is -4.00. The SMILES string of the molecule is COc1cc(NS(=O)(=O)c2ccc(F)c(Cl)c2)c(OC)cc1Cl. The van der Waals surface area contributed by atoms with Gasteiger partial charge in [0.2, 0.25) is 0 Å². The van der Waals surface area contributed by atoms with Gasteiger partial charge in [-0.3, -0.25) is 4.72 Å². The summed E-state index contributed by atoms with van der Waals surface area (Å²) in [6.45, 7) is 0. The van der Waals surface area contributed by atoms with Crippen LogP contribution in [-0.4, -0.2) is 22.6 Å². The molecule has 0 saturated carbocycles. The Hall–Kier alpha value is -1.70. The normalized spacial score (nSPS) is 11.2. The molecule has 0 unspecified atom stereocenters. The van der Waals surface area contributed by atoms with E-state index in [2.05, 4.69) is 4.72 Å². The fraction of sp³-hybridized carbons (Fsp3) is 0.143. The Morgan fingerprint density at radius 3 is 2.22 bits per heavy atom. The lowest BCUT2D eigenvalue weighted by Crippen LogP contribution is -2.14. The number of nitrogens with one attached hydrogen (secondary N) is 1. The zero-order chi connectivity index (χ0) is 17.2. The smallest absolute Gasteiger partial charge is 0.262 e. The third kappa shape index (κ3) is 3.80. The van der Waals surface area contributed by atoms with E-state index in [9.17, 15) is 12.8 Å². The molecular weight excluding hydrogens is 368 g/mol. The van der Waals surface area contributed by atoms with E-state index < -0.39 is 15.8 Å². The van der Waals surface area contributed by atoms with Crippen LogP contribution in [0.15, 0.2) is 35.2 Å². The molecule has 0 aliphatic rings. The monoisotopic (exact) mass is 379 g/mol. The summed E-state index contributed by atoms with van der Waals surface area (Å²) >= 11 is 11.6. The Bertz CT molecular complexity index is 843. The summed E-state index contributed by atoms with van der Waals surface area (Å²) in [6.07, 6.45) is 0. The number of anilines is 1. The number of methoxy groups -OCH3 is 2. The number of rotatable bonds is 5. The van der Waals surface area contributed by atoms with E-state index in [-0.39, 0.29) is 32.1 Å². The van der Waals surface area contributed by atoms with Gasteiger partial charge in [-0.2, -0.15) is 0 Å². The topological polar surface area (TPSA) is 64.6 Å². The Morgan fingerprint density at radius 1 is 1.00 bits per heavy atom. The van der Waals surface area contributed by atoms with Crippen molar-refractivity contribution in [3.8, 4) is 11.5 Å². The standard InChI is InChI=1S/C14H12Cl2FNO4S/c1-21-13-7-12(14(22-2)6-10(13)16)18-23(19,20)8-3-4-11(17)9(15)5-8/h3-7,18H,1-2H3. The van der Waals surface area contributed by atoms with Crippen molar-refractivity contribution in [2.45, 2.75) is 4.90 Å². The van der Waals surface area contributed by atoms with Crippen LogP contribution in [-0.2, 0) is 10.0 Å². The number of sulfonamides is 1. The predicted molar refractivity (Wildman–Crippen MR) is 86.8 cm³/mol. The molecule has 0 aromatic heterocycles. The Morgan fingerprint density at radius 2 is 1.65 bits per heavy atom. The van der Waals surface area contributed by atoms with Gasteiger partial charge in [-0.1, -0.05) is 23.2 Å². The van der Waals surface area contributed by atoms with Crippen LogP contribution in [0.1, 0.15) is 0 Å². The molecule has 0 radical (unpaired) electrons. The highest BCUT2D eigenvalue weighted by Crippen LogP contribution is 2.37. The van der Waals surface area contributed by atoms with Crippen molar-refractivity contribution < 1.29 is 22.3 Å². The van der Waals surface area contributed by atoms with Crippen LogP contribution < -0.4 is 14.2 Å². The van der Waals surface area contributed by atoms with Crippen LogP contribution in [0.5, 0.6) is 11.5 Å². The maximum atomic E-state index is 13.2. The van der Waals surface area contributed by atoms with Gasteiger partial charge in [0.05, 0.1) is 34.8 Å². The van der Waals surface area contributed by atoms with Gasteiger partial charge >= 0.3 is 0 Å². The Kier molecular flexibility index (Phi) is 5.23. The van der Waals surface area contributed by atoms with Gasteiger partial charge in [0.1, 0.15) is 17.3 Å². The highest BCUT2D eigenvalue weighted by Gasteiger charge is 2.19. The first-order valence-corrected chi connectivity index (χ1v) is 8.42. The molecule has 2 aromatic rings. The van der Waals surface area contributed by atoms with Gasteiger partial charge in [-0.25, -0.2) is 12.8 Å². The van der Waals surface area contributed by atoms with Crippen molar-refractivity contribution in [3.05, 3.63) is 46.2 Å². The molecule has 9 heteroatoms. The second-order valence-corrected chi connectivity index (χ2v) is 6.87. The molecule has 0 amide bonds. The Balaban J connectivity index is 2.46. The van der Waals surface area contributed by atoms with Crippen molar-refractivity contribution >= 4 is 38.9 Å². The number of halogens is 3. The number of ether oxygens (including phenoxy) is 2. The lowest BCUT2D eigenvalue weighted by atomic mass is 10.3. The van der Waals surface area contributed by atoms with Gasteiger partial charge < -0.3 is 9.47 Å². The van der Waals surface area contributed by atoms with E-state index in [1.807, 2.05) is 0 Å². The molecule has 2 rings (SSSR count). The first-order valence-electron chi connectivity index (χ1n) is 6.18. The van der Waals surface area contributed by atoms with E-state index in [1.165, 1.54) is 26.4 Å². The molecule has 0 atom stereocenters. The molecule has 124 valence electrons. The van der Waals surface area contributed by atoms with Gasteiger partial charge in [0.25, 0.3) is 10.0 Å². The number of hydrogen-bond acceptors (Lipinski definition) is 4. The second-order valence-electron chi connectivity index (χ2n) is 4.37. The molecule has 2 aromatic carbocycles. The van der Waals surface area contributed by atoms with Gasteiger partial charge in [-0.05, 0) is 18.2 Å². The van der Waals surface area contributed by atoms with Crippen LogP contribution in [0.3, 0.4) is 0 Å². The summed E-state index contributed by atoms with van der Waals surface area (Å²) in [4.78, 5) is -0.195. The molecule has 5 nitrogen and oxygen atoms in total. The average Bonchev–Trinajstić information content (AvgIpc) is 2.50. The molecule has 23 heavy (non-hydrogen) atoms. The van der Waals surface area contributed by atoms with Crippen molar-refractivity contribution in [1.82, 2.24) is 0 Å². The number of hydrogen-bond donors (Lipinski definition) is 1. The van der Waals surface area contributed by atoms with E-state index in [0.717, 1.165) is 18.2 Å². The van der Waals surface area contributed by atoms with Crippen LogP contribution in [0, 0.1) is 5.82 Å². The van der Waals surface area contributed by atoms with E-state index in [0.29, 0.717) is 0 Å². The highest BCUT2D eigenvalue weighted by molar-refractivity contribution is 7.92. The average molecular weight is 380 g/mol. The van der Waals surface area contributed by atoms with Crippen LogP contribution >= 0.6 is 23.2 Å². The zero-order valence-electron chi connectivity index (χ0n) is 12.1. The molecule has 0 saturated heterocycles. The van der Waals surface area contributed by atoms with Crippen LogP contribution in [0.4, 0.5) is 10.1 Å². The summed E-state index contributed by atoms with van der Waals surface area (Å²) in [7, 11) is -1.24. The number of benzene rings is 2. The summed E-state index contributed by atoms with van der Waals surface area (Å²) in [5.41, 5.74) is 0.120. The molecule has 0 aliphatic carbocycles. The lowest BCUT2D eigenvalue weighted by molar-refractivity contribution is 0.405. The maximum Gasteiger partial charge on any atom is 0.262 e. The Labute approximate surface area is 143 Å². The molecule has 0 bridgehead atoms. The van der Waals surface area contributed by atoms with Crippen molar-refractivity contribution in [2.75, 3.05) is 18.9 Å². The third-order valence-corrected chi connectivity index (χ3v) is 4.87. The van der Waals surface area contributed by atoms with Gasteiger partial charge in [-0.15, -0.1) is 0 Å². The molecule has 0 heterocycles.